The van der Waals surface area contributed by atoms with Crippen molar-refractivity contribution in [1.82, 2.24) is 10.6 Å². The summed E-state index contributed by atoms with van der Waals surface area (Å²) in [5.74, 6) is -2.89. The Hall–Kier alpha value is -1.32. The minimum atomic E-state index is -1.21. The van der Waals surface area contributed by atoms with Crippen LogP contribution in [-0.4, -0.2) is 58.5 Å². The summed E-state index contributed by atoms with van der Waals surface area (Å²) in [4.78, 5) is 34.4. The number of carboxylic acids is 1. The average molecular weight is 307 g/mol. The number of amides is 2. The third-order valence-electron chi connectivity index (χ3n) is 2.58. The van der Waals surface area contributed by atoms with Crippen molar-refractivity contribution in [3.8, 4) is 0 Å². The van der Waals surface area contributed by atoms with Crippen LogP contribution in [0.4, 0.5) is 0 Å². The fourth-order valence-corrected chi connectivity index (χ4v) is 1.57. The molecular formula is C11H21N3O5S. The zero-order chi connectivity index (χ0) is 15.9. The number of aliphatic hydroxyl groups is 1. The Morgan fingerprint density at radius 1 is 1.20 bits per heavy atom. The standard InChI is InChI=1S/C11H21N3O5S/c1-5(2)8(14-9(16)6(12)3-15)10(17)13-7(4-20)11(18)19/h5-8,15,20H,3-4,12H2,1-2H3,(H,13,17)(H,14,16)(H,18,19)/t6-,7-,8-/m0/s1. The number of carboxylic acid groups (broad SMARTS) is 1. The van der Waals surface area contributed by atoms with Gasteiger partial charge in [0.1, 0.15) is 18.1 Å². The topological polar surface area (TPSA) is 142 Å². The molecule has 0 aliphatic carbocycles. The van der Waals surface area contributed by atoms with E-state index in [1.807, 2.05) is 0 Å². The van der Waals surface area contributed by atoms with Crippen LogP contribution in [0.1, 0.15) is 13.8 Å². The van der Waals surface area contributed by atoms with E-state index in [9.17, 15) is 14.4 Å². The summed E-state index contributed by atoms with van der Waals surface area (Å²) in [5.41, 5.74) is 5.34. The van der Waals surface area contributed by atoms with Crippen LogP contribution in [0.3, 0.4) is 0 Å². The number of carbonyl (C=O) groups excluding carboxylic acids is 2. The molecule has 3 atom stereocenters. The summed E-state index contributed by atoms with van der Waals surface area (Å²) in [5, 5.41) is 22.3. The van der Waals surface area contributed by atoms with Gasteiger partial charge in [-0.05, 0) is 5.92 Å². The molecule has 6 N–H and O–H groups in total. The van der Waals surface area contributed by atoms with Crippen LogP contribution >= 0.6 is 12.6 Å². The lowest BCUT2D eigenvalue weighted by Gasteiger charge is -2.24. The number of thiol groups is 1. The van der Waals surface area contributed by atoms with Crippen LogP contribution in [-0.2, 0) is 14.4 Å². The van der Waals surface area contributed by atoms with Gasteiger partial charge < -0.3 is 26.6 Å². The highest BCUT2D eigenvalue weighted by Gasteiger charge is 2.29. The first kappa shape index (κ1) is 18.7. The van der Waals surface area contributed by atoms with Crippen LogP contribution in [0.25, 0.3) is 0 Å². The molecule has 0 aromatic carbocycles. The molecule has 0 heterocycles. The third kappa shape index (κ3) is 5.76. The van der Waals surface area contributed by atoms with Crippen molar-refractivity contribution in [2.24, 2.45) is 11.7 Å². The first-order valence-corrected chi connectivity index (χ1v) is 6.68. The number of hydrogen-bond donors (Lipinski definition) is 6. The Morgan fingerprint density at radius 3 is 2.10 bits per heavy atom. The normalized spacial score (nSPS) is 15.3. The summed E-state index contributed by atoms with van der Waals surface area (Å²) < 4.78 is 0. The first-order valence-electron chi connectivity index (χ1n) is 6.05. The number of rotatable bonds is 8. The van der Waals surface area contributed by atoms with Crippen molar-refractivity contribution in [2.45, 2.75) is 32.0 Å². The molecular weight excluding hydrogens is 286 g/mol. The maximum absolute atomic E-state index is 12.0. The highest BCUT2D eigenvalue weighted by atomic mass is 32.1. The second-order valence-corrected chi connectivity index (χ2v) is 4.97. The molecule has 8 nitrogen and oxygen atoms in total. The van der Waals surface area contributed by atoms with Crippen LogP contribution in [0, 0.1) is 5.92 Å². The molecule has 0 spiro atoms. The first-order chi connectivity index (χ1) is 9.24. The summed E-state index contributed by atoms with van der Waals surface area (Å²) in [6.07, 6.45) is 0. The van der Waals surface area contributed by atoms with Gasteiger partial charge in [0.05, 0.1) is 6.61 Å². The number of hydrogen-bond acceptors (Lipinski definition) is 6. The molecule has 0 rings (SSSR count). The van der Waals surface area contributed by atoms with Gasteiger partial charge in [0.15, 0.2) is 0 Å². The molecule has 0 unspecified atom stereocenters. The van der Waals surface area contributed by atoms with Crippen LogP contribution in [0.15, 0.2) is 0 Å². The second kappa shape index (κ2) is 8.77. The van der Waals surface area contributed by atoms with Gasteiger partial charge in [-0.15, -0.1) is 0 Å². The molecule has 2 amide bonds. The van der Waals surface area contributed by atoms with E-state index < -0.39 is 42.5 Å². The number of aliphatic hydroxyl groups excluding tert-OH is 1. The molecule has 0 aromatic heterocycles. The van der Waals surface area contributed by atoms with E-state index in [-0.39, 0.29) is 11.7 Å². The van der Waals surface area contributed by atoms with E-state index >= 15 is 0 Å². The zero-order valence-corrected chi connectivity index (χ0v) is 12.3. The summed E-state index contributed by atoms with van der Waals surface area (Å²) >= 11 is 3.83. The maximum atomic E-state index is 12.0. The predicted octanol–water partition coefficient (Wildman–Crippen LogP) is -2.05. The van der Waals surface area contributed by atoms with Crippen LogP contribution < -0.4 is 16.4 Å². The minimum Gasteiger partial charge on any atom is -0.480 e. The maximum Gasteiger partial charge on any atom is 0.327 e. The van der Waals surface area contributed by atoms with Crippen molar-refractivity contribution < 1.29 is 24.6 Å². The van der Waals surface area contributed by atoms with Gasteiger partial charge in [0.25, 0.3) is 0 Å². The largest absolute Gasteiger partial charge is 0.480 e. The predicted molar refractivity (Wildman–Crippen MR) is 75.2 cm³/mol. The van der Waals surface area contributed by atoms with E-state index in [1.165, 1.54) is 0 Å². The zero-order valence-electron chi connectivity index (χ0n) is 11.4. The van der Waals surface area contributed by atoms with Crippen molar-refractivity contribution >= 4 is 30.4 Å². The monoisotopic (exact) mass is 307 g/mol. The number of aliphatic carboxylic acids is 1. The van der Waals surface area contributed by atoms with Gasteiger partial charge in [-0.3, -0.25) is 9.59 Å². The van der Waals surface area contributed by atoms with E-state index in [0.29, 0.717) is 0 Å². The van der Waals surface area contributed by atoms with Crippen LogP contribution in [0.2, 0.25) is 0 Å². The fraction of sp³-hybridized carbons (Fsp3) is 0.727. The van der Waals surface area contributed by atoms with E-state index in [2.05, 4.69) is 23.3 Å². The summed E-state index contributed by atoms with van der Waals surface area (Å²) in [6.45, 7) is 2.82. The Balaban J connectivity index is 4.79. The molecule has 0 saturated heterocycles. The van der Waals surface area contributed by atoms with Crippen LogP contribution in [0.5, 0.6) is 0 Å². The smallest absolute Gasteiger partial charge is 0.327 e. The van der Waals surface area contributed by atoms with Gasteiger partial charge in [-0.1, -0.05) is 13.8 Å². The number of carbonyl (C=O) groups is 3. The molecule has 0 bridgehead atoms. The SMILES string of the molecule is CC(C)[C@H](NC(=O)[C@@H](N)CO)C(=O)N[C@@H](CS)C(=O)O. The lowest BCUT2D eigenvalue weighted by Crippen LogP contribution is -2.57. The van der Waals surface area contributed by atoms with E-state index in [4.69, 9.17) is 15.9 Å². The second-order valence-electron chi connectivity index (χ2n) is 4.60. The molecule has 0 aromatic rings. The van der Waals surface area contributed by atoms with E-state index in [0.717, 1.165) is 0 Å². The highest BCUT2D eigenvalue weighted by molar-refractivity contribution is 7.80. The third-order valence-corrected chi connectivity index (χ3v) is 2.94. The summed E-state index contributed by atoms with van der Waals surface area (Å²) in [7, 11) is 0. The molecule has 9 heteroatoms. The van der Waals surface area contributed by atoms with Gasteiger partial charge in [0, 0.05) is 5.75 Å². The van der Waals surface area contributed by atoms with Gasteiger partial charge >= 0.3 is 5.97 Å². The molecule has 0 saturated carbocycles. The number of nitrogens with one attached hydrogen (secondary N) is 2. The molecule has 0 aliphatic heterocycles. The van der Waals surface area contributed by atoms with Crippen molar-refractivity contribution in [3.05, 3.63) is 0 Å². The van der Waals surface area contributed by atoms with E-state index in [1.54, 1.807) is 13.8 Å². The van der Waals surface area contributed by atoms with Gasteiger partial charge in [0.2, 0.25) is 11.8 Å². The van der Waals surface area contributed by atoms with Gasteiger partial charge in [-0.2, -0.15) is 12.6 Å². The molecule has 0 radical (unpaired) electrons. The Kier molecular flexibility index (Phi) is 8.19. The fourth-order valence-electron chi connectivity index (χ4n) is 1.33. The average Bonchev–Trinajstić information content (AvgIpc) is 2.39. The molecule has 116 valence electrons. The molecule has 0 aliphatic rings. The highest BCUT2D eigenvalue weighted by Crippen LogP contribution is 2.03. The lowest BCUT2D eigenvalue weighted by molar-refractivity contribution is -0.141. The van der Waals surface area contributed by atoms with Crippen molar-refractivity contribution in [1.29, 1.82) is 0 Å². The molecule has 20 heavy (non-hydrogen) atoms. The van der Waals surface area contributed by atoms with Crippen molar-refractivity contribution in [2.75, 3.05) is 12.4 Å². The lowest BCUT2D eigenvalue weighted by atomic mass is 10.0. The quantitative estimate of drug-likeness (QED) is 0.285. The molecule has 0 fully saturated rings. The van der Waals surface area contributed by atoms with Gasteiger partial charge in [-0.25, -0.2) is 4.79 Å². The number of nitrogens with two attached hydrogens (primary N) is 1. The Morgan fingerprint density at radius 2 is 1.75 bits per heavy atom. The summed E-state index contributed by atoms with van der Waals surface area (Å²) in [6, 6.07) is -3.22. The Bertz CT molecular complexity index is 364. The van der Waals surface area contributed by atoms with Crippen molar-refractivity contribution in [3.63, 3.8) is 0 Å². The Labute approximate surface area is 122 Å². The minimum absolute atomic E-state index is 0.0734.